The van der Waals surface area contributed by atoms with Gasteiger partial charge in [0.25, 0.3) is 0 Å². The Morgan fingerprint density at radius 2 is 1.94 bits per heavy atom. The molecule has 1 rings (SSSR count). The predicted octanol–water partition coefficient (Wildman–Crippen LogP) is 2.40. The molecular formula is C12H13F2NO3. The van der Waals surface area contributed by atoms with Gasteiger partial charge in [0, 0.05) is 24.6 Å². The molecule has 2 N–H and O–H groups in total. The van der Waals surface area contributed by atoms with Gasteiger partial charge in [0.2, 0.25) is 5.91 Å². The molecule has 0 spiro atoms. The van der Waals surface area contributed by atoms with Crippen molar-refractivity contribution in [1.82, 2.24) is 0 Å². The summed E-state index contributed by atoms with van der Waals surface area (Å²) in [6.45, 7) is 1.62. The molecule has 6 heteroatoms. The highest BCUT2D eigenvalue weighted by molar-refractivity contribution is 5.91. The van der Waals surface area contributed by atoms with E-state index in [2.05, 4.69) is 5.32 Å². The zero-order chi connectivity index (χ0) is 13.7. The van der Waals surface area contributed by atoms with E-state index in [4.69, 9.17) is 5.11 Å². The Bertz CT molecular complexity index is 463. The van der Waals surface area contributed by atoms with Gasteiger partial charge in [0.1, 0.15) is 0 Å². The van der Waals surface area contributed by atoms with E-state index in [-0.39, 0.29) is 24.4 Å². The van der Waals surface area contributed by atoms with Gasteiger partial charge in [-0.05, 0) is 18.1 Å². The third-order valence-corrected chi connectivity index (χ3v) is 2.26. The monoisotopic (exact) mass is 257 g/mol. The second-order valence-electron chi connectivity index (χ2n) is 4.08. The lowest BCUT2D eigenvalue weighted by Gasteiger charge is -2.09. The van der Waals surface area contributed by atoms with Crippen LogP contribution in [0.25, 0.3) is 0 Å². The van der Waals surface area contributed by atoms with Crippen molar-refractivity contribution in [2.24, 2.45) is 5.92 Å². The first-order chi connectivity index (χ1) is 8.38. The fraction of sp³-hybridized carbons (Fsp3) is 0.333. The third kappa shape index (κ3) is 4.48. The summed E-state index contributed by atoms with van der Waals surface area (Å²) in [5.41, 5.74) is 0.140. The first-order valence-electron chi connectivity index (χ1n) is 5.35. The van der Waals surface area contributed by atoms with Crippen LogP contribution in [-0.2, 0) is 9.59 Å². The van der Waals surface area contributed by atoms with Gasteiger partial charge in [-0.1, -0.05) is 6.92 Å². The van der Waals surface area contributed by atoms with E-state index in [1.165, 1.54) is 6.07 Å². The molecule has 0 aliphatic carbocycles. The molecule has 0 aliphatic rings. The molecule has 1 aromatic rings. The highest BCUT2D eigenvalue weighted by Gasteiger charge is 2.13. The zero-order valence-electron chi connectivity index (χ0n) is 9.74. The number of halogens is 2. The van der Waals surface area contributed by atoms with Crippen LogP contribution in [0.1, 0.15) is 19.8 Å². The largest absolute Gasteiger partial charge is 0.481 e. The Morgan fingerprint density at radius 1 is 1.28 bits per heavy atom. The van der Waals surface area contributed by atoms with Gasteiger partial charge in [-0.3, -0.25) is 9.59 Å². The minimum absolute atomic E-state index is 0.00525. The summed E-state index contributed by atoms with van der Waals surface area (Å²) in [5, 5.41) is 10.9. The Labute approximate surface area is 103 Å². The number of nitrogens with one attached hydrogen (secondary N) is 1. The molecule has 0 radical (unpaired) electrons. The summed E-state index contributed by atoms with van der Waals surface area (Å²) < 4.78 is 25.5. The normalized spacial score (nSPS) is 11.9. The number of aliphatic carboxylic acids is 1. The maximum Gasteiger partial charge on any atom is 0.303 e. The van der Waals surface area contributed by atoms with Gasteiger partial charge >= 0.3 is 5.97 Å². The van der Waals surface area contributed by atoms with Crippen molar-refractivity contribution in [2.45, 2.75) is 19.8 Å². The second-order valence-corrected chi connectivity index (χ2v) is 4.08. The van der Waals surface area contributed by atoms with Crippen molar-refractivity contribution in [1.29, 1.82) is 0 Å². The Morgan fingerprint density at radius 3 is 2.50 bits per heavy atom. The van der Waals surface area contributed by atoms with E-state index in [1.54, 1.807) is 6.92 Å². The summed E-state index contributed by atoms with van der Waals surface area (Å²) in [6.07, 6.45) is -0.115. The van der Waals surface area contributed by atoms with Crippen molar-refractivity contribution >= 4 is 17.6 Å². The highest BCUT2D eigenvalue weighted by atomic mass is 19.2. The fourth-order valence-corrected chi connectivity index (χ4v) is 1.47. The van der Waals surface area contributed by atoms with E-state index in [0.717, 1.165) is 12.1 Å². The average molecular weight is 257 g/mol. The molecule has 1 atom stereocenters. The van der Waals surface area contributed by atoms with Crippen LogP contribution >= 0.6 is 0 Å². The molecule has 1 aromatic carbocycles. The number of carboxylic acids is 1. The van der Waals surface area contributed by atoms with E-state index in [1.807, 2.05) is 0 Å². The number of benzene rings is 1. The number of carboxylic acid groups (broad SMARTS) is 1. The van der Waals surface area contributed by atoms with Gasteiger partial charge < -0.3 is 10.4 Å². The van der Waals surface area contributed by atoms with Gasteiger partial charge in [-0.15, -0.1) is 0 Å². The lowest BCUT2D eigenvalue weighted by molar-refractivity contribution is -0.138. The first-order valence-corrected chi connectivity index (χ1v) is 5.35. The van der Waals surface area contributed by atoms with Crippen LogP contribution in [0.3, 0.4) is 0 Å². The molecule has 0 heterocycles. The molecule has 0 saturated heterocycles. The maximum atomic E-state index is 12.9. The van der Waals surface area contributed by atoms with Gasteiger partial charge in [-0.2, -0.15) is 0 Å². The van der Waals surface area contributed by atoms with Crippen molar-refractivity contribution in [3.63, 3.8) is 0 Å². The van der Waals surface area contributed by atoms with Crippen LogP contribution < -0.4 is 5.32 Å². The van der Waals surface area contributed by atoms with Gasteiger partial charge in [0.15, 0.2) is 11.6 Å². The molecule has 4 nitrogen and oxygen atoms in total. The van der Waals surface area contributed by atoms with Crippen LogP contribution in [0.5, 0.6) is 0 Å². The SMILES string of the molecule is CC(CC(=O)O)CC(=O)Nc1ccc(F)c(F)c1. The van der Waals surface area contributed by atoms with Gasteiger partial charge in [-0.25, -0.2) is 8.78 Å². The fourth-order valence-electron chi connectivity index (χ4n) is 1.47. The molecule has 1 unspecified atom stereocenters. The predicted molar refractivity (Wildman–Crippen MR) is 61.0 cm³/mol. The summed E-state index contributed by atoms with van der Waals surface area (Å²) in [7, 11) is 0. The number of amides is 1. The number of hydrogen-bond donors (Lipinski definition) is 2. The molecular weight excluding hydrogens is 244 g/mol. The van der Waals surface area contributed by atoms with Crippen molar-refractivity contribution in [2.75, 3.05) is 5.32 Å². The van der Waals surface area contributed by atoms with E-state index in [0.29, 0.717) is 0 Å². The average Bonchev–Trinajstić information content (AvgIpc) is 2.21. The number of carbonyl (C=O) groups excluding carboxylic acids is 1. The molecule has 18 heavy (non-hydrogen) atoms. The molecule has 0 saturated carbocycles. The summed E-state index contributed by atoms with van der Waals surface area (Å²) in [6, 6.07) is 3.01. The van der Waals surface area contributed by atoms with Crippen LogP contribution in [-0.4, -0.2) is 17.0 Å². The summed E-state index contributed by atoms with van der Waals surface area (Å²) in [4.78, 5) is 21.9. The van der Waals surface area contributed by atoms with Crippen LogP contribution in [0.15, 0.2) is 18.2 Å². The highest BCUT2D eigenvalue weighted by Crippen LogP contribution is 2.15. The Balaban J connectivity index is 2.54. The number of carbonyl (C=O) groups is 2. The van der Waals surface area contributed by atoms with E-state index in [9.17, 15) is 18.4 Å². The van der Waals surface area contributed by atoms with E-state index >= 15 is 0 Å². The Kier molecular flexibility index (Phi) is 4.76. The number of anilines is 1. The zero-order valence-corrected chi connectivity index (χ0v) is 9.74. The number of hydrogen-bond acceptors (Lipinski definition) is 2. The second kappa shape index (κ2) is 6.09. The standard InChI is InChI=1S/C12H13F2NO3/c1-7(5-12(17)18)4-11(16)15-8-2-3-9(13)10(14)6-8/h2-3,6-7H,4-5H2,1H3,(H,15,16)(H,17,18). The summed E-state index contributed by atoms with van der Waals surface area (Å²) in [5.74, 6) is -3.79. The van der Waals surface area contributed by atoms with Crippen LogP contribution in [0.4, 0.5) is 14.5 Å². The smallest absolute Gasteiger partial charge is 0.303 e. The Hall–Kier alpha value is -1.98. The van der Waals surface area contributed by atoms with Crippen LogP contribution in [0, 0.1) is 17.6 Å². The van der Waals surface area contributed by atoms with Crippen molar-refractivity contribution in [3.8, 4) is 0 Å². The molecule has 0 aliphatic heterocycles. The molecule has 0 bridgehead atoms. The van der Waals surface area contributed by atoms with Crippen molar-refractivity contribution in [3.05, 3.63) is 29.8 Å². The third-order valence-electron chi connectivity index (χ3n) is 2.26. The van der Waals surface area contributed by atoms with Gasteiger partial charge in [0.05, 0.1) is 0 Å². The lowest BCUT2D eigenvalue weighted by Crippen LogP contribution is -2.17. The quantitative estimate of drug-likeness (QED) is 0.851. The molecule has 0 aromatic heterocycles. The lowest BCUT2D eigenvalue weighted by atomic mass is 10.0. The topological polar surface area (TPSA) is 66.4 Å². The van der Waals surface area contributed by atoms with Crippen molar-refractivity contribution < 1.29 is 23.5 Å². The van der Waals surface area contributed by atoms with Crippen LogP contribution in [0.2, 0.25) is 0 Å². The molecule has 1 amide bonds. The first kappa shape index (κ1) is 14.1. The maximum absolute atomic E-state index is 12.9. The number of rotatable bonds is 5. The molecule has 98 valence electrons. The molecule has 0 fully saturated rings. The summed E-state index contributed by atoms with van der Waals surface area (Å²) >= 11 is 0. The minimum atomic E-state index is -1.05. The minimum Gasteiger partial charge on any atom is -0.481 e. The van der Waals surface area contributed by atoms with E-state index < -0.39 is 23.5 Å².